The number of nitrogens with one attached hydrogen (secondary N) is 1. The molecule has 1 aliphatic rings. The van der Waals surface area contributed by atoms with Crippen molar-refractivity contribution in [1.29, 1.82) is 0 Å². The Balaban J connectivity index is 2.30. The monoisotopic (exact) mass is 302 g/mol. The van der Waals surface area contributed by atoms with Gasteiger partial charge < -0.3 is 15.0 Å². The average Bonchev–Trinajstić information content (AvgIpc) is 2.70. The molecule has 0 radical (unpaired) electrons. The molecule has 1 fully saturated rings. The lowest BCUT2D eigenvalue weighted by Gasteiger charge is -2.23. The van der Waals surface area contributed by atoms with Crippen LogP contribution in [-0.4, -0.2) is 52.5 Å². The van der Waals surface area contributed by atoms with Crippen LogP contribution in [0.15, 0.2) is 0 Å². The number of amides is 2. The summed E-state index contributed by atoms with van der Waals surface area (Å²) in [6.07, 6.45) is -0.718. The number of nitrogens with zero attached hydrogens (tertiary/aromatic N) is 1. The van der Waals surface area contributed by atoms with Gasteiger partial charge in [-0.3, -0.25) is 14.4 Å². The van der Waals surface area contributed by atoms with Crippen LogP contribution in [0.5, 0.6) is 0 Å². The van der Waals surface area contributed by atoms with E-state index >= 15 is 0 Å². The van der Waals surface area contributed by atoms with Gasteiger partial charge in [-0.25, -0.2) is 0 Å². The van der Waals surface area contributed by atoms with E-state index in [1.165, 1.54) is 18.7 Å². The summed E-state index contributed by atoms with van der Waals surface area (Å²) in [6, 6.07) is 0. The highest BCUT2D eigenvalue weighted by Gasteiger charge is 2.24. The van der Waals surface area contributed by atoms with Crippen molar-refractivity contribution >= 4 is 28.9 Å². The summed E-state index contributed by atoms with van der Waals surface area (Å²) in [7, 11) is 0. The maximum absolute atomic E-state index is 11.8. The predicted molar refractivity (Wildman–Crippen MR) is 77.5 cm³/mol. The number of carbonyl (C=O) groups is 3. The number of thioether (sulfide) groups is 1. The van der Waals surface area contributed by atoms with Gasteiger partial charge in [0.1, 0.15) is 0 Å². The third kappa shape index (κ3) is 5.81. The van der Waals surface area contributed by atoms with E-state index in [0.29, 0.717) is 13.1 Å². The van der Waals surface area contributed by atoms with Gasteiger partial charge in [0.15, 0.2) is 6.10 Å². The maximum atomic E-state index is 11.8. The van der Waals surface area contributed by atoms with Crippen molar-refractivity contribution in [3.63, 3.8) is 0 Å². The summed E-state index contributed by atoms with van der Waals surface area (Å²) in [4.78, 5) is 36.4. The molecule has 1 N–H and O–H groups in total. The lowest BCUT2D eigenvalue weighted by molar-refractivity contribution is -0.155. The smallest absolute Gasteiger partial charge is 0.308 e. The second kappa shape index (κ2) is 6.97. The van der Waals surface area contributed by atoms with Gasteiger partial charge in [0.05, 0.1) is 6.42 Å². The van der Waals surface area contributed by atoms with Crippen molar-refractivity contribution in [1.82, 2.24) is 10.2 Å². The molecular weight excluding hydrogens is 280 g/mol. The summed E-state index contributed by atoms with van der Waals surface area (Å²) < 4.78 is 5.06. The molecule has 0 spiro atoms. The molecule has 20 heavy (non-hydrogen) atoms. The van der Waals surface area contributed by atoms with Crippen molar-refractivity contribution in [2.24, 2.45) is 0 Å². The normalized spacial score (nSPS) is 17.0. The van der Waals surface area contributed by atoms with E-state index in [4.69, 9.17) is 4.74 Å². The largest absolute Gasteiger partial charge is 0.452 e. The second-order valence-electron chi connectivity index (χ2n) is 5.72. The molecule has 7 heteroatoms. The highest BCUT2D eigenvalue weighted by molar-refractivity contribution is 8.13. The first kappa shape index (κ1) is 16.8. The van der Waals surface area contributed by atoms with Crippen molar-refractivity contribution in [3.05, 3.63) is 0 Å². The van der Waals surface area contributed by atoms with E-state index in [2.05, 4.69) is 5.32 Å². The van der Waals surface area contributed by atoms with Gasteiger partial charge in [0, 0.05) is 24.4 Å². The molecule has 0 aliphatic carbocycles. The topological polar surface area (TPSA) is 75.7 Å². The molecule has 0 bridgehead atoms. The van der Waals surface area contributed by atoms with Gasteiger partial charge in [-0.15, -0.1) is 0 Å². The maximum Gasteiger partial charge on any atom is 0.308 e. The van der Waals surface area contributed by atoms with Crippen LogP contribution >= 0.6 is 11.8 Å². The number of esters is 1. The van der Waals surface area contributed by atoms with E-state index in [0.717, 1.165) is 5.75 Å². The highest BCUT2D eigenvalue weighted by atomic mass is 32.2. The van der Waals surface area contributed by atoms with Crippen molar-refractivity contribution in [3.8, 4) is 0 Å². The van der Waals surface area contributed by atoms with E-state index in [9.17, 15) is 14.4 Å². The third-order valence-electron chi connectivity index (χ3n) is 2.61. The summed E-state index contributed by atoms with van der Waals surface area (Å²) in [6.45, 7) is 8.12. The van der Waals surface area contributed by atoms with Crippen molar-refractivity contribution in [2.45, 2.75) is 45.8 Å². The molecule has 1 heterocycles. The minimum Gasteiger partial charge on any atom is -0.452 e. The van der Waals surface area contributed by atoms with E-state index in [1.807, 2.05) is 20.8 Å². The Hall–Kier alpha value is -1.24. The second-order valence-corrected chi connectivity index (χ2v) is 6.77. The van der Waals surface area contributed by atoms with Gasteiger partial charge in [0.25, 0.3) is 11.1 Å². The lowest BCUT2D eigenvalue weighted by Crippen LogP contribution is -2.46. The molecule has 0 aromatic heterocycles. The van der Waals surface area contributed by atoms with Crippen molar-refractivity contribution < 1.29 is 19.1 Å². The number of rotatable bonds is 5. The molecule has 1 saturated heterocycles. The lowest BCUT2D eigenvalue weighted by atomic mass is 10.1. The van der Waals surface area contributed by atoms with E-state index in [1.54, 1.807) is 4.90 Å². The van der Waals surface area contributed by atoms with Gasteiger partial charge in [0.2, 0.25) is 0 Å². The quantitative estimate of drug-likeness (QED) is 0.777. The molecule has 1 unspecified atom stereocenters. The predicted octanol–water partition coefficient (Wildman–Crippen LogP) is 1.39. The first-order chi connectivity index (χ1) is 9.19. The molecule has 0 aromatic rings. The first-order valence-electron chi connectivity index (χ1n) is 6.62. The van der Waals surface area contributed by atoms with Crippen LogP contribution in [0, 0.1) is 0 Å². The number of ether oxygens (including phenoxy) is 1. The Labute approximate surface area is 123 Å². The van der Waals surface area contributed by atoms with Gasteiger partial charge in [-0.05, 0) is 27.7 Å². The summed E-state index contributed by atoms with van der Waals surface area (Å²) in [5.74, 6) is -0.0249. The summed E-state index contributed by atoms with van der Waals surface area (Å²) >= 11 is 1.25. The van der Waals surface area contributed by atoms with Crippen molar-refractivity contribution in [2.75, 3.05) is 18.8 Å². The zero-order chi connectivity index (χ0) is 15.3. The molecule has 0 aromatic carbocycles. The highest BCUT2D eigenvalue weighted by Crippen LogP contribution is 2.17. The zero-order valence-corrected chi connectivity index (χ0v) is 13.2. The van der Waals surface area contributed by atoms with Crippen LogP contribution in [0.1, 0.15) is 34.1 Å². The Bertz CT molecular complexity index is 392. The molecule has 2 amide bonds. The molecule has 0 saturated carbocycles. The Kier molecular flexibility index (Phi) is 5.86. The van der Waals surface area contributed by atoms with Gasteiger partial charge in [-0.1, -0.05) is 11.8 Å². The Morgan fingerprint density at radius 1 is 1.45 bits per heavy atom. The minimum atomic E-state index is -0.828. The molecule has 1 atom stereocenters. The Morgan fingerprint density at radius 3 is 2.60 bits per heavy atom. The fourth-order valence-corrected chi connectivity index (χ4v) is 2.49. The van der Waals surface area contributed by atoms with Crippen LogP contribution in [0.4, 0.5) is 4.79 Å². The fraction of sp³-hybridized carbons (Fsp3) is 0.769. The first-order valence-corrected chi connectivity index (χ1v) is 7.61. The van der Waals surface area contributed by atoms with Gasteiger partial charge in [-0.2, -0.15) is 0 Å². The minimum absolute atomic E-state index is 0.00340. The summed E-state index contributed by atoms with van der Waals surface area (Å²) in [5, 5.41) is 2.74. The van der Waals surface area contributed by atoms with Crippen LogP contribution in [0.2, 0.25) is 0 Å². The van der Waals surface area contributed by atoms with Crippen LogP contribution < -0.4 is 5.32 Å². The zero-order valence-electron chi connectivity index (χ0n) is 12.4. The number of hydrogen-bond donors (Lipinski definition) is 1. The van der Waals surface area contributed by atoms with E-state index in [-0.39, 0.29) is 23.1 Å². The molecule has 1 rings (SSSR count). The van der Waals surface area contributed by atoms with Crippen LogP contribution in [0.25, 0.3) is 0 Å². The molecule has 6 nitrogen and oxygen atoms in total. The molecule has 114 valence electrons. The standard InChI is InChI=1S/C13H22N2O4S/c1-9(11(17)14-13(2,3)4)19-10(16)5-6-15-7-8-20-12(15)18/h9H,5-8H2,1-4H3,(H,14,17). The SMILES string of the molecule is CC(OC(=O)CCN1CCSC1=O)C(=O)NC(C)(C)C. The number of carbonyl (C=O) groups excluding carboxylic acids is 3. The van der Waals surface area contributed by atoms with Gasteiger partial charge >= 0.3 is 5.97 Å². The third-order valence-corrected chi connectivity index (χ3v) is 3.50. The van der Waals surface area contributed by atoms with Crippen LogP contribution in [0.3, 0.4) is 0 Å². The number of hydrogen-bond acceptors (Lipinski definition) is 5. The average molecular weight is 302 g/mol. The van der Waals surface area contributed by atoms with Crippen LogP contribution in [-0.2, 0) is 14.3 Å². The molecular formula is C13H22N2O4S. The van der Waals surface area contributed by atoms with E-state index < -0.39 is 12.1 Å². The fourth-order valence-electron chi connectivity index (χ4n) is 1.64. The summed E-state index contributed by atoms with van der Waals surface area (Å²) in [5.41, 5.74) is -0.364. The Morgan fingerprint density at radius 2 is 2.10 bits per heavy atom. The molecule has 1 aliphatic heterocycles.